The highest BCUT2D eigenvalue weighted by Crippen LogP contribution is 2.14. The van der Waals surface area contributed by atoms with Crippen molar-refractivity contribution >= 4 is 15.6 Å². The number of sulfone groups is 1. The van der Waals surface area contributed by atoms with Gasteiger partial charge in [-0.15, -0.1) is 0 Å². The summed E-state index contributed by atoms with van der Waals surface area (Å²) in [6.07, 6.45) is 14.6. The summed E-state index contributed by atoms with van der Waals surface area (Å²) in [6, 6.07) is 0. The van der Waals surface area contributed by atoms with Gasteiger partial charge in [-0.25, -0.2) is 8.42 Å². The first kappa shape index (κ1) is 23.6. The van der Waals surface area contributed by atoms with Gasteiger partial charge in [-0.3, -0.25) is 4.79 Å². The van der Waals surface area contributed by atoms with Crippen LogP contribution >= 0.6 is 0 Å². The summed E-state index contributed by atoms with van der Waals surface area (Å²) in [7, 11) is -3.11. The zero-order chi connectivity index (χ0) is 18.3. The molecule has 0 aromatic heterocycles. The SMILES string of the molecule is CCCCCCCCCCCCS(=O)(=O)C(C)CC(=O)CCCC. The average molecular weight is 361 g/mol. The fraction of sp³-hybridized carbons (Fsp3) is 0.950. The van der Waals surface area contributed by atoms with Crippen LogP contribution in [-0.4, -0.2) is 25.2 Å². The first-order valence-electron chi connectivity index (χ1n) is 10.2. The smallest absolute Gasteiger partial charge is 0.153 e. The highest BCUT2D eigenvalue weighted by Gasteiger charge is 2.22. The molecule has 24 heavy (non-hydrogen) atoms. The van der Waals surface area contributed by atoms with Crippen molar-refractivity contribution in [3.05, 3.63) is 0 Å². The predicted octanol–water partition coefficient (Wildman–Crippen LogP) is 5.86. The maximum Gasteiger partial charge on any atom is 0.153 e. The van der Waals surface area contributed by atoms with Crippen LogP contribution in [0.4, 0.5) is 0 Å². The molecular formula is C20H40O3S. The Balaban J connectivity index is 3.71. The van der Waals surface area contributed by atoms with E-state index in [9.17, 15) is 13.2 Å². The molecule has 0 fully saturated rings. The van der Waals surface area contributed by atoms with E-state index in [0.29, 0.717) is 6.42 Å². The first-order chi connectivity index (χ1) is 11.4. The zero-order valence-electron chi connectivity index (χ0n) is 16.3. The van der Waals surface area contributed by atoms with Crippen molar-refractivity contribution in [2.24, 2.45) is 0 Å². The van der Waals surface area contributed by atoms with Crippen molar-refractivity contribution < 1.29 is 13.2 Å². The molecule has 144 valence electrons. The van der Waals surface area contributed by atoms with E-state index < -0.39 is 15.1 Å². The molecule has 0 heterocycles. The van der Waals surface area contributed by atoms with E-state index in [-0.39, 0.29) is 18.0 Å². The van der Waals surface area contributed by atoms with Crippen LogP contribution < -0.4 is 0 Å². The van der Waals surface area contributed by atoms with Crippen molar-refractivity contribution in [3.63, 3.8) is 0 Å². The van der Waals surface area contributed by atoms with Crippen LogP contribution in [0.1, 0.15) is 111 Å². The van der Waals surface area contributed by atoms with Crippen LogP contribution in [0.3, 0.4) is 0 Å². The Hall–Kier alpha value is -0.380. The minimum Gasteiger partial charge on any atom is -0.300 e. The van der Waals surface area contributed by atoms with E-state index in [4.69, 9.17) is 0 Å². The largest absolute Gasteiger partial charge is 0.300 e. The van der Waals surface area contributed by atoms with Crippen LogP contribution in [-0.2, 0) is 14.6 Å². The maximum atomic E-state index is 12.2. The summed E-state index contributed by atoms with van der Waals surface area (Å²) < 4.78 is 24.4. The Morgan fingerprint density at radius 2 is 1.21 bits per heavy atom. The van der Waals surface area contributed by atoms with Gasteiger partial charge < -0.3 is 0 Å². The van der Waals surface area contributed by atoms with Crippen molar-refractivity contribution in [2.45, 2.75) is 116 Å². The van der Waals surface area contributed by atoms with Crippen molar-refractivity contribution in [3.8, 4) is 0 Å². The molecule has 0 bridgehead atoms. The van der Waals surface area contributed by atoms with Gasteiger partial charge in [0.25, 0.3) is 0 Å². The molecule has 0 spiro atoms. The molecule has 0 N–H and O–H groups in total. The number of hydrogen-bond donors (Lipinski definition) is 0. The average Bonchev–Trinajstić information content (AvgIpc) is 2.54. The van der Waals surface area contributed by atoms with E-state index >= 15 is 0 Å². The molecule has 0 saturated carbocycles. The second-order valence-electron chi connectivity index (χ2n) is 7.21. The molecule has 1 atom stereocenters. The van der Waals surface area contributed by atoms with Crippen LogP contribution in [0.2, 0.25) is 0 Å². The Labute approximate surface area is 150 Å². The van der Waals surface area contributed by atoms with Gasteiger partial charge in [-0.1, -0.05) is 78.1 Å². The number of ketones is 1. The second kappa shape index (κ2) is 14.9. The number of rotatable bonds is 17. The van der Waals surface area contributed by atoms with Gasteiger partial charge in [0.2, 0.25) is 0 Å². The monoisotopic (exact) mass is 360 g/mol. The third-order valence-corrected chi connectivity index (χ3v) is 6.97. The molecule has 0 saturated heterocycles. The van der Waals surface area contributed by atoms with Crippen molar-refractivity contribution in [1.82, 2.24) is 0 Å². The molecule has 0 radical (unpaired) electrons. The number of carbonyl (C=O) groups is 1. The second-order valence-corrected chi connectivity index (χ2v) is 9.74. The Kier molecular flexibility index (Phi) is 14.7. The van der Waals surface area contributed by atoms with Crippen LogP contribution in [0.15, 0.2) is 0 Å². The number of unbranched alkanes of at least 4 members (excludes halogenated alkanes) is 10. The lowest BCUT2D eigenvalue weighted by atomic mass is 10.1. The van der Waals surface area contributed by atoms with Crippen LogP contribution in [0.5, 0.6) is 0 Å². The standard InChI is InChI=1S/C20H40O3S/c1-4-6-8-9-10-11-12-13-14-15-17-24(22,23)19(3)18-20(21)16-7-5-2/h19H,4-18H2,1-3H3. The lowest BCUT2D eigenvalue weighted by Crippen LogP contribution is -2.24. The fourth-order valence-corrected chi connectivity index (χ4v) is 4.36. The molecule has 0 aliphatic heterocycles. The van der Waals surface area contributed by atoms with Gasteiger partial charge >= 0.3 is 0 Å². The zero-order valence-corrected chi connectivity index (χ0v) is 17.1. The maximum absolute atomic E-state index is 12.2. The number of Topliss-reactive ketones (excluding diaryl/α,β-unsaturated/α-hetero) is 1. The van der Waals surface area contributed by atoms with Crippen molar-refractivity contribution in [2.75, 3.05) is 5.75 Å². The van der Waals surface area contributed by atoms with Gasteiger partial charge in [-0.05, 0) is 19.8 Å². The molecule has 0 rings (SSSR count). The molecule has 0 aromatic carbocycles. The minimum absolute atomic E-state index is 0.0935. The molecule has 3 nitrogen and oxygen atoms in total. The predicted molar refractivity (Wildman–Crippen MR) is 104 cm³/mol. The molecular weight excluding hydrogens is 320 g/mol. The van der Waals surface area contributed by atoms with E-state index in [1.54, 1.807) is 6.92 Å². The summed E-state index contributed by atoms with van der Waals surface area (Å²) in [5, 5.41) is -0.513. The lowest BCUT2D eigenvalue weighted by Gasteiger charge is -2.12. The molecule has 4 heteroatoms. The summed E-state index contributed by atoms with van der Waals surface area (Å²) in [5.41, 5.74) is 0. The van der Waals surface area contributed by atoms with E-state index in [1.807, 2.05) is 6.92 Å². The minimum atomic E-state index is -3.11. The highest BCUT2D eigenvalue weighted by atomic mass is 32.2. The van der Waals surface area contributed by atoms with Gasteiger partial charge in [0.1, 0.15) is 5.78 Å². The van der Waals surface area contributed by atoms with E-state index in [0.717, 1.165) is 32.1 Å². The Morgan fingerprint density at radius 3 is 1.71 bits per heavy atom. The van der Waals surface area contributed by atoms with Gasteiger partial charge in [-0.2, -0.15) is 0 Å². The Morgan fingerprint density at radius 1 is 0.750 bits per heavy atom. The molecule has 1 unspecified atom stereocenters. The lowest BCUT2D eigenvalue weighted by molar-refractivity contribution is -0.119. The fourth-order valence-electron chi connectivity index (χ4n) is 2.92. The van der Waals surface area contributed by atoms with Gasteiger partial charge in [0.15, 0.2) is 9.84 Å². The normalized spacial score (nSPS) is 13.1. The van der Waals surface area contributed by atoms with E-state index in [2.05, 4.69) is 6.92 Å². The van der Waals surface area contributed by atoms with Gasteiger partial charge in [0, 0.05) is 12.8 Å². The summed E-state index contributed by atoms with van der Waals surface area (Å²) >= 11 is 0. The number of carbonyl (C=O) groups excluding carboxylic acids is 1. The summed E-state index contributed by atoms with van der Waals surface area (Å²) in [4.78, 5) is 11.7. The van der Waals surface area contributed by atoms with Crippen LogP contribution in [0, 0.1) is 0 Å². The van der Waals surface area contributed by atoms with Crippen molar-refractivity contribution in [1.29, 1.82) is 0 Å². The Bertz CT molecular complexity index is 401. The molecule has 0 amide bonds. The third kappa shape index (κ3) is 13.0. The highest BCUT2D eigenvalue weighted by molar-refractivity contribution is 7.92. The quantitative estimate of drug-likeness (QED) is 0.305. The van der Waals surface area contributed by atoms with Gasteiger partial charge in [0.05, 0.1) is 11.0 Å². The first-order valence-corrected chi connectivity index (χ1v) is 11.9. The van der Waals surface area contributed by atoms with Crippen LogP contribution in [0.25, 0.3) is 0 Å². The molecule has 0 aliphatic carbocycles. The van der Waals surface area contributed by atoms with E-state index in [1.165, 1.54) is 44.9 Å². The molecule has 0 aliphatic rings. The molecule has 0 aromatic rings. The topological polar surface area (TPSA) is 51.2 Å². The third-order valence-electron chi connectivity index (χ3n) is 4.72. The summed E-state index contributed by atoms with van der Waals surface area (Å²) in [6.45, 7) is 5.96. The summed E-state index contributed by atoms with van der Waals surface area (Å²) in [5.74, 6) is 0.335. The number of hydrogen-bond acceptors (Lipinski definition) is 3.